The van der Waals surface area contributed by atoms with Crippen LogP contribution in [-0.4, -0.2) is 28.9 Å². The highest BCUT2D eigenvalue weighted by atomic mass is 32.2. The van der Waals surface area contributed by atoms with Gasteiger partial charge < -0.3 is 4.57 Å². The Balaban J connectivity index is 2.11. The number of rotatable bonds is 3. The standard InChI is InChI=1S/C17H21N3O4S/c1-18-11-15(16(21)19(2)17(18)22)25(23,24)20(3)14-10-6-8-12-7-4-5-9-13(12)14/h4-5,7,9,11,14H,6,8,10H2,1-3H3/t14-/m1/s1. The number of aromatic nitrogens is 2. The molecule has 3 rings (SSSR count). The molecular formula is C17H21N3O4S. The van der Waals surface area contributed by atoms with Crippen molar-refractivity contribution < 1.29 is 8.42 Å². The van der Waals surface area contributed by atoms with E-state index in [1.54, 1.807) is 0 Å². The fourth-order valence-corrected chi connectivity index (χ4v) is 4.89. The second-order valence-electron chi connectivity index (χ2n) is 6.38. The Morgan fingerprint density at radius 1 is 1.16 bits per heavy atom. The summed E-state index contributed by atoms with van der Waals surface area (Å²) >= 11 is 0. The van der Waals surface area contributed by atoms with E-state index >= 15 is 0 Å². The van der Waals surface area contributed by atoms with Crippen LogP contribution >= 0.6 is 0 Å². The van der Waals surface area contributed by atoms with E-state index in [4.69, 9.17) is 0 Å². The van der Waals surface area contributed by atoms with Crippen LogP contribution in [0, 0.1) is 0 Å². The van der Waals surface area contributed by atoms with Crippen molar-refractivity contribution in [1.82, 2.24) is 13.4 Å². The highest BCUT2D eigenvalue weighted by Gasteiger charge is 2.34. The van der Waals surface area contributed by atoms with Gasteiger partial charge in [0.15, 0.2) is 4.90 Å². The van der Waals surface area contributed by atoms with Crippen molar-refractivity contribution in [2.75, 3.05) is 7.05 Å². The number of sulfonamides is 1. The Labute approximate surface area is 146 Å². The quantitative estimate of drug-likeness (QED) is 0.807. The first-order valence-electron chi connectivity index (χ1n) is 8.07. The minimum absolute atomic E-state index is 0.322. The largest absolute Gasteiger partial charge is 0.330 e. The van der Waals surface area contributed by atoms with E-state index in [0.29, 0.717) is 6.42 Å². The summed E-state index contributed by atoms with van der Waals surface area (Å²) in [6.07, 6.45) is 3.60. The molecule has 0 unspecified atom stereocenters. The monoisotopic (exact) mass is 363 g/mol. The lowest BCUT2D eigenvalue weighted by atomic mass is 9.88. The molecule has 0 bridgehead atoms. The molecule has 1 heterocycles. The molecular weight excluding hydrogens is 342 g/mol. The molecule has 134 valence electrons. The maximum atomic E-state index is 13.1. The van der Waals surface area contributed by atoms with Gasteiger partial charge in [-0.25, -0.2) is 13.2 Å². The van der Waals surface area contributed by atoms with Gasteiger partial charge in [-0.15, -0.1) is 0 Å². The molecule has 0 aliphatic heterocycles. The average Bonchev–Trinajstić information content (AvgIpc) is 2.61. The first-order chi connectivity index (χ1) is 11.7. The maximum absolute atomic E-state index is 13.1. The lowest BCUT2D eigenvalue weighted by Crippen LogP contribution is -2.43. The molecule has 1 aromatic carbocycles. The molecule has 0 saturated carbocycles. The van der Waals surface area contributed by atoms with E-state index < -0.39 is 21.3 Å². The number of nitrogens with zero attached hydrogens (tertiary/aromatic N) is 3. The molecule has 0 amide bonds. The van der Waals surface area contributed by atoms with Gasteiger partial charge in [-0.2, -0.15) is 4.31 Å². The maximum Gasteiger partial charge on any atom is 0.330 e. The summed E-state index contributed by atoms with van der Waals surface area (Å²) in [6.45, 7) is 0. The van der Waals surface area contributed by atoms with Gasteiger partial charge >= 0.3 is 5.69 Å². The van der Waals surface area contributed by atoms with Gasteiger partial charge in [-0.1, -0.05) is 24.3 Å². The summed E-state index contributed by atoms with van der Waals surface area (Å²) < 4.78 is 29.3. The van der Waals surface area contributed by atoms with Gasteiger partial charge in [-0.3, -0.25) is 9.36 Å². The Morgan fingerprint density at radius 2 is 1.84 bits per heavy atom. The summed E-state index contributed by atoms with van der Waals surface area (Å²) in [5, 5.41) is 0. The van der Waals surface area contributed by atoms with Crippen LogP contribution in [0.1, 0.15) is 30.0 Å². The van der Waals surface area contributed by atoms with Gasteiger partial charge in [0, 0.05) is 27.3 Å². The number of hydrogen-bond donors (Lipinski definition) is 0. The van der Waals surface area contributed by atoms with E-state index in [1.807, 2.05) is 24.3 Å². The third-order valence-corrected chi connectivity index (χ3v) is 6.70. The van der Waals surface area contributed by atoms with Crippen LogP contribution in [0.3, 0.4) is 0 Å². The van der Waals surface area contributed by atoms with E-state index in [1.165, 1.54) is 25.4 Å². The third-order valence-electron chi connectivity index (χ3n) is 4.85. The molecule has 2 aromatic rings. The highest BCUT2D eigenvalue weighted by molar-refractivity contribution is 7.89. The highest BCUT2D eigenvalue weighted by Crippen LogP contribution is 2.35. The molecule has 0 saturated heterocycles. The first kappa shape index (κ1) is 17.6. The topological polar surface area (TPSA) is 81.4 Å². The number of aryl methyl sites for hydroxylation is 2. The SMILES string of the molecule is CN([C@@H]1CCCc2ccccc21)S(=O)(=O)c1cn(C)c(=O)n(C)c1=O. The molecule has 25 heavy (non-hydrogen) atoms. The fraction of sp³-hybridized carbons (Fsp3) is 0.412. The summed E-state index contributed by atoms with van der Waals surface area (Å²) in [4.78, 5) is 23.8. The molecule has 8 heteroatoms. The van der Waals surface area contributed by atoms with Crippen LogP contribution in [0.4, 0.5) is 0 Å². The van der Waals surface area contributed by atoms with Gasteiger partial charge in [0.25, 0.3) is 5.56 Å². The number of fused-ring (bicyclic) bond motifs is 1. The minimum Gasteiger partial charge on any atom is -0.302 e. The first-order valence-corrected chi connectivity index (χ1v) is 9.51. The van der Waals surface area contributed by atoms with Crippen LogP contribution in [0.2, 0.25) is 0 Å². The summed E-state index contributed by atoms with van der Waals surface area (Å²) in [5.41, 5.74) is 0.740. The Bertz CT molecular complexity index is 1040. The zero-order chi connectivity index (χ0) is 18.4. The van der Waals surface area contributed by atoms with Crippen molar-refractivity contribution in [3.05, 3.63) is 62.4 Å². The molecule has 0 spiro atoms. The van der Waals surface area contributed by atoms with Crippen molar-refractivity contribution in [3.8, 4) is 0 Å². The molecule has 1 aliphatic carbocycles. The smallest absolute Gasteiger partial charge is 0.302 e. The molecule has 0 N–H and O–H groups in total. The number of hydrogen-bond acceptors (Lipinski definition) is 4. The molecule has 1 atom stereocenters. The Hall–Kier alpha value is -2.19. The molecule has 1 aromatic heterocycles. The van der Waals surface area contributed by atoms with Crippen molar-refractivity contribution >= 4 is 10.0 Å². The lowest BCUT2D eigenvalue weighted by molar-refractivity contribution is 0.336. The van der Waals surface area contributed by atoms with Crippen molar-refractivity contribution in [3.63, 3.8) is 0 Å². The van der Waals surface area contributed by atoms with Crippen LogP contribution in [0.5, 0.6) is 0 Å². The summed E-state index contributed by atoms with van der Waals surface area (Å²) in [5.74, 6) is 0. The fourth-order valence-electron chi connectivity index (χ4n) is 3.38. The Morgan fingerprint density at radius 3 is 2.56 bits per heavy atom. The lowest BCUT2D eigenvalue weighted by Gasteiger charge is -2.32. The predicted molar refractivity (Wildman–Crippen MR) is 94.0 cm³/mol. The molecule has 7 nitrogen and oxygen atoms in total. The van der Waals surface area contributed by atoms with Crippen LogP contribution < -0.4 is 11.2 Å². The van der Waals surface area contributed by atoms with E-state index in [2.05, 4.69) is 0 Å². The van der Waals surface area contributed by atoms with Crippen LogP contribution in [0.25, 0.3) is 0 Å². The molecule has 0 fully saturated rings. The van der Waals surface area contributed by atoms with Gasteiger partial charge in [0.05, 0.1) is 6.04 Å². The molecule has 0 radical (unpaired) electrons. The second kappa shape index (κ2) is 6.27. The Kier molecular flexibility index (Phi) is 4.42. The average molecular weight is 363 g/mol. The van der Waals surface area contributed by atoms with E-state index in [0.717, 1.165) is 39.3 Å². The van der Waals surface area contributed by atoms with Crippen molar-refractivity contribution in [2.24, 2.45) is 14.1 Å². The van der Waals surface area contributed by atoms with E-state index in [-0.39, 0.29) is 10.9 Å². The minimum atomic E-state index is -4.03. The van der Waals surface area contributed by atoms with Crippen molar-refractivity contribution in [2.45, 2.75) is 30.2 Å². The summed E-state index contributed by atoms with van der Waals surface area (Å²) in [6, 6.07) is 7.45. The van der Waals surface area contributed by atoms with E-state index in [9.17, 15) is 18.0 Å². The summed E-state index contributed by atoms with van der Waals surface area (Å²) in [7, 11) is 0.164. The van der Waals surface area contributed by atoms with Crippen LogP contribution in [0.15, 0.2) is 44.9 Å². The predicted octanol–water partition coefficient (Wildman–Crippen LogP) is 0.782. The van der Waals surface area contributed by atoms with Gasteiger partial charge in [-0.05, 0) is 30.4 Å². The number of benzene rings is 1. The van der Waals surface area contributed by atoms with Crippen molar-refractivity contribution in [1.29, 1.82) is 0 Å². The zero-order valence-electron chi connectivity index (χ0n) is 14.5. The van der Waals surface area contributed by atoms with Gasteiger partial charge in [0.1, 0.15) is 0 Å². The molecule has 1 aliphatic rings. The van der Waals surface area contributed by atoms with Gasteiger partial charge in [0.2, 0.25) is 10.0 Å². The third kappa shape index (κ3) is 2.85. The zero-order valence-corrected chi connectivity index (χ0v) is 15.3. The van der Waals surface area contributed by atoms with Crippen LogP contribution in [-0.2, 0) is 30.5 Å². The normalized spacial score (nSPS) is 17.5. The second-order valence-corrected chi connectivity index (χ2v) is 8.35.